The third-order valence-corrected chi connectivity index (χ3v) is 3.80. The second-order valence-corrected chi connectivity index (χ2v) is 5.13. The summed E-state index contributed by atoms with van der Waals surface area (Å²) in [5.41, 5.74) is 2.01. The number of benzene rings is 2. The molecule has 4 aromatic rings. The molecule has 5 nitrogen and oxygen atoms in total. The van der Waals surface area contributed by atoms with Gasteiger partial charge >= 0.3 is 5.97 Å². The van der Waals surface area contributed by atoms with Crippen LogP contribution in [0.2, 0.25) is 0 Å². The average molecular weight is 308 g/mol. The highest BCUT2D eigenvalue weighted by Gasteiger charge is 2.20. The second-order valence-electron chi connectivity index (χ2n) is 5.13. The molecule has 0 atom stereocenters. The molecule has 4 rings (SSSR count). The van der Waals surface area contributed by atoms with Crippen LogP contribution in [0.1, 0.15) is 27.8 Å². The van der Waals surface area contributed by atoms with Crippen LogP contribution in [0.15, 0.2) is 45.2 Å². The SMILES string of the molecule is CCOC(=O)c1cc2c(C=O)c3oc4ccccc4c3cc2o1. The summed E-state index contributed by atoms with van der Waals surface area (Å²) >= 11 is 0. The molecule has 114 valence electrons. The molecule has 0 fully saturated rings. The topological polar surface area (TPSA) is 69.7 Å². The number of carbonyl (C=O) groups excluding carboxylic acids is 2. The number of fused-ring (bicyclic) bond motifs is 4. The van der Waals surface area contributed by atoms with Crippen LogP contribution in [0.25, 0.3) is 32.9 Å². The molecule has 2 aromatic heterocycles. The molecule has 0 saturated heterocycles. The zero-order valence-electron chi connectivity index (χ0n) is 12.3. The second kappa shape index (κ2) is 4.98. The fourth-order valence-corrected chi connectivity index (χ4v) is 2.80. The molecule has 0 aliphatic rings. The number of rotatable bonds is 3. The normalized spacial score (nSPS) is 11.3. The molecule has 2 aromatic carbocycles. The number of carbonyl (C=O) groups is 2. The molecular weight excluding hydrogens is 296 g/mol. The van der Waals surface area contributed by atoms with Gasteiger partial charge in [0.15, 0.2) is 6.29 Å². The van der Waals surface area contributed by atoms with E-state index in [9.17, 15) is 9.59 Å². The Kier molecular flexibility index (Phi) is 2.94. The molecule has 0 spiro atoms. The lowest BCUT2D eigenvalue weighted by Crippen LogP contribution is -2.02. The Balaban J connectivity index is 2.07. The van der Waals surface area contributed by atoms with E-state index in [2.05, 4.69) is 0 Å². The van der Waals surface area contributed by atoms with Crippen molar-refractivity contribution in [2.45, 2.75) is 6.92 Å². The fourth-order valence-electron chi connectivity index (χ4n) is 2.80. The van der Waals surface area contributed by atoms with Crippen molar-refractivity contribution in [3.63, 3.8) is 0 Å². The number of aldehydes is 1. The molecule has 0 aliphatic heterocycles. The number of hydrogen-bond donors (Lipinski definition) is 0. The highest BCUT2D eigenvalue weighted by Crippen LogP contribution is 2.36. The lowest BCUT2D eigenvalue weighted by Gasteiger charge is -1.96. The maximum absolute atomic E-state index is 11.8. The quantitative estimate of drug-likeness (QED) is 0.416. The molecule has 23 heavy (non-hydrogen) atoms. The Morgan fingerprint density at radius 1 is 1.09 bits per heavy atom. The first-order valence-electron chi connectivity index (χ1n) is 7.23. The van der Waals surface area contributed by atoms with E-state index in [4.69, 9.17) is 13.6 Å². The van der Waals surface area contributed by atoms with E-state index in [0.717, 1.165) is 17.1 Å². The first kappa shape index (κ1) is 13.6. The summed E-state index contributed by atoms with van der Waals surface area (Å²) in [6, 6.07) is 10.8. The van der Waals surface area contributed by atoms with Crippen molar-refractivity contribution in [2.75, 3.05) is 6.61 Å². The predicted octanol–water partition coefficient (Wildman–Crippen LogP) is 4.32. The summed E-state index contributed by atoms with van der Waals surface area (Å²) in [6.45, 7) is 1.97. The van der Waals surface area contributed by atoms with Crippen LogP contribution in [0.4, 0.5) is 0 Å². The number of esters is 1. The third-order valence-electron chi connectivity index (χ3n) is 3.80. The molecule has 5 heteroatoms. The zero-order chi connectivity index (χ0) is 16.0. The van der Waals surface area contributed by atoms with Crippen LogP contribution in [-0.4, -0.2) is 18.9 Å². The maximum Gasteiger partial charge on any atom is 0.374 e. The summed E-state index contributed by atoms with van der Waals surface area (Å²) in [4.78, 5) is 23.4. The van der Waals surface area contributed by atoms with Crippen LogP contribution in [0.5, 0.6) is 0 Å². The minimum Gasteiger partial charge on any atom is -0.460 e. The van der Waals surface area contributed by atoms with Crippen LogP contribution < -0.4 is 0 Å². The van der Waals surface area contributed by atoms with Crippen molar-refractivity contribution < 1.29 is 23.2 Å². The molecule has 0 radical (unpaired) electrons. The Labute approximate surface area is 130 Å². The van der Waals surface area contributed by atoms with Gasteiger partial charge in [-0.1, -0.05) is 18.2 Å². The number of furan rings is 2. The van der Waals surface area contributed by atoms with Crippen LogP contribution in [0.3, 0.4) is 0 Å². The third kappa shape index (κ3) is 1.93. The van der Waals surface area contributed by atoms with Crippen molar-refractivity contribution in [3.8, 4) is 0 Å². The Hall–Kier alpha value is -3.08. The van der Waals surface area contributed by atoms with E-state index >= 15 is 0 Å². The van der Waals surface area contributed by atoms with Gasteiger partial charge in [-0.3, -0.25) is 4.79 Å². The fraction of sp³-hybridized carbons (Fsp3) is 0.111. The van der Waals surface area contributed by atoms with Gasteiger partial charge in [0.2, 0.25) is 5.76 Å². The standard InChI is InChI=1S/C18H12O5/c1-2-21-18(20)16-7-11-13(9-19)17-12(8-15(11)22-16)10-5-3-4-6-14(10)23-17/h3-9H,2H2,1H3. The van der Waals surface area contributed by atoms with Gasteiger partial charge in [-0.2, -0.15) is 0 Å². The van der Waals surface area contributed by atoms with Gasteiger partial charge in [0, 0.05) is 22.2 Å². The lowest BCUT2D eigenvalue weighted by atomic mass is 10.1. The van der Waals surface area contributed by atoms with Crippen molar-refractivity contribution in [1.29, 1.82) is 0 Å². The summed E-state index contributed by atoms with van der Waals surface area (Å²) in [7, 11) is 0. The molecule has 0 N–H and O–H groups in total. The van der Waals surface area contributed by atoms with Crippen LogP contribution in [-0.2, 0) is 4.74 Å². The number of para-hydroxylation sites is 1. The first-order chi connectivity index (χ1) is 11.2. The Morgan fingerprint density at radius 3 is 2.70 bits per heavy atom. The van der Waals surface area contributed by atoms with E-state index in [-0.39, 0.29) is 12.4 Å². The van der Waals surface area contributed by atoms with Crippen LogP contribution >= 0.6 is 0 Å². The summed E-state index contributed by atoms with van der Waals surface area (Å²) in [5.74, 6) is -0.482. The van der Waals surface area contributed by atoms with Gasteiger partial charge < -0.3 is 13.6 Å². The lowest BCUT2D eigenvalue weighted by molar-refractivity contribution is 0.0492. The molecular formula is C18H12O5. The smallest absolute Gasteiger partial charge is 0.374 e. The van der Waals surface area contributed by atoms with E-state index in [1.165, 1.54) is 6.07 Å². The van der Waals surface area contributed by atoms with E-state index in [0.29, 0.717) is 27.7 Å². The molecule has 0 bridgehead atoms. The highest BCUT2D eigenvalue weighted by atomic mass is 16.5. The van der Waals surface area contributed by atoms with Gasteiger partial charge in [0.25, 0.3) is 0 Å². The van der Waals surface area contributed by atoms with Crippen molar-refractivity contribution in [2.24, 2.45) is 0 Å². The monoisotopic (exact) mass is 308 g/mol. The largest absolute Gasteiger partial charge is 0.460 e. The minimum absolute atomic E-state index is 0.0712. The Bertz CT molecular complexity index is 1070. The molecule has 0 amide bonds. The van der Waals surface area contributed by atoms with E-state index in [1.54, 1.807) is 13.0 Å². The summed E-state index contributed by atoms with van der Waals surface area (Å²) in [5, 5.41) is 2.20. The van der Waals surface area contributed by atoms with Gasteiger partial charge in [0.05, 0.1) is 12.2 Å². The van der Waals surface area contributed by atoms with Gasteiger partial charge in [-0.25, -0.2) is 4.79 Å². The van der Waals surface area contributed by atoms with Crippen molar-refractivity contribution in [1.82, 2.24) is 0 Å². The van der Waals surface area contributed by atoms with Gasteiger partial charge in [-0.05, 0) is 19.1 Å². The summed E-state index contributed by atoms with van der Waals surface area (Å²) < 4.78 is 16.3. The van der Waals surface area contributed by atoms with Crippen molar-refractivity contribution >= 4 is 45.2 Å². The highest BCUT2D eigenvalue weighted by molar-refractivity contribution is 6.17. The van der Waals surface area contributed by atoms with E-state index in [1.807, 2.05) is 24.3 Å². The van der Waals surface area contributed by atoms with Gasteiger partial charge in [-0.15, -0.1) is 0 Å². The number of hydrogen-bond acceptors (Lipinski definition) is 5. The summed E-state index contributed by atoms with van der Waals surface area (Å²) in [6.07, 6.45) is 0.720. The first-order valence-corrected chi connectivity index (χ1v) is 7.23. The zero-order valence-corrected chi connectivity index (χ0v) is 12.3. The minimum atomic E-state index is -0.554. The average Bonchev–Trinajstić information content (AvgIpc) is 3.14. The maximum atomic E-state index is 11.8. The molecule has 0 aliphatic carbocycles. The molecule has 0 unspecified atom stereocenters. The van der Waals surface area contributed by atoms with Gasteiger partial charge in [0.1, 0.15) is 16.7 Å². The molecule has 2 heterocycles. The predicted molar refractivity (Wildman–Crippen MR) is 84.8 cm³/mol. The van der Waals surface area contributed by atoms with E-state index < -0.39 is 5.97 Å². The number of ether oxygens (including phenoxy) is 1. The molecule has 0 saturated carbocycles. The Morgan fingerprint density at radius 2 is 1.91 bits per heavy atom. The van der Waals surface area contributed by atoms with Crippen molar-refractivity contribution in [3.05, 3.63) is 47.7 Å². The van der Waals surface area contributed by atoms with Crippen LogP contribution in [0, 0.1) is 0 Å².